The highest BCUT2D eigenvalue weighted by atomic mass is 35.5. The van der Waals surface area contributed by atoms with Gasteiger partial charge in [0.05, 0.1) is 10.6 Å². The van der Waals surface area contributed by atoms with E-state index < -0.39 is 23.4 Å². The number of amides is 2. The molecule has 29 heavy (non-hydrogen) atoms. The number of hydrogen-bond acceptors (Lipinski definition) is 3. The van der Waals surface area contributed by atoms with E-state index in [0.29, 0.717) is 18.7 Å². The Kier molecular flexibility index (Phi) is 6.23. The van der Waals surface area contributed by atoms with Crippen LogP contribution in [0.4, 0.5) is 14.6 Å². The van der Waals surface area contributed by atoms with Crippen molar-refractivity contribution in [1.29, 1.82) is 0 Å². The number of halogens is 3. The number of carbonyl (C=O) groups excluding carboxylic acids is 2. The maximum atomic E-state index is 13.3. The average molecular weight is 419 g/mol. The van der Waals surface area contributed by atoms with Crippen molar-refractivity contribution in [2.75, 3.05) is 5.32 Å². The highest BCUT2D eigenvalue weighted by Crippen LogP contribution is 2.21. The Labute approximate surface area is 170 Å². The minimum Gasteiger partial charge on any atom is -0.347 e. The Morgan fingerprint density at radius 3 is 2.38 bits per heavy atom. The minimum atomic E-state index is -1.20. The van der Waals surface area contributed by atoms with Crippen molar-refractivity contribution in [3.8, 4) is 0 Å². The lowest BCUT2D eigenvalue weighted by molar-refractivity contribution is 0.0945. The van der Waals surface area contributed by atoms with Gasteiger partial charge in [-0.3, -0.25) is 14.7 Å². The summed E-state index contributed by atoms with van der Waals surface area (Å²) in [7, 11) is 0. The van der Waals surface area contributed by atoms with Gasteiger partial charge in [-0.15, -0.1) is 0 Å². The molecule has 0 fully saturated rings. The van der Waals surface area contributed by atoms with Crippen molar-refractivity contribution < 1.29 is 18.4 Å². The third-order valence-corrected chi connectivity index (χ3v) is 4.51. The Morgan fingerprint density at radius 1 is 1.03 bits per heavy atom. The number of aromatic nitrogens is 2. The van der Waals surface area contributed by atoms with Crippen molar-refractivity contribution in [3.63, 3.8) is 0 Å². The van der Waals surface area contributed by atoms with Crippen LogP contribution in [-0.4, -0.2) is 22.0 Å². The second-order valence-electron chi connectivity index (χ2n) is 6.22. The zero-order valence-electron chi connectivity index (χ0n) is 15.4. The molecule has 6 nitrogen and oxygen atoms in total. The molecular formula is C20H17ClF2N4O2. The van der Waals surface area contributed by atoms with Crippen LogP contribution in [0.1, 0.15) is 38.9 Å². The van der Waals surface area contributed by atoms with Crippen LogP contribution >= 0.6 is 11.6 Å². The third-order valence-electron chi connectivity index (χ3n) is 4.20. The van der Waals surface area contributed by atoms with Crippen LogP contribution < -0.4 is 10.6 Å². The summed E-state index contributed by atoms with van der Waals surface area (Å²) in [6, 6.07) is 10.6. The van der Waals surface area contributed by atoms with E-state index in [-0.39, 0.29) is 22.1 Å². The van der Waals surface area contributed by atoms with Crippen molar-refractivity contribution in [2.24, 2.45) is 0 Å². The first-order valence-electron chi connectivity index (χ1n) is 8.74. The van der Waals surface area contributed by atoms with Gasteiger partial charge in [0.1, 0.15) is 5.82 Å². The number of anilines is 1. The molecule has 1 aromatic heterocycles. The molecule has 1 heterocycles. The zero-order valence-corrected chi connectivity index (χ0v) is 16.1. The molecule has 0 radical (unpaired) electrons. The minimum absolute atomic E-state index is 0.0573. The highest BCUT2D eigenvalue weighted by molar-refractivity contribution is 6.34. The molecule has 0 spiro atoms. The third kappa shape index (κ3) is 4.97. The van der Waals surface area contributed by atoms with Gasteiger partial charge in [-0.1, -0.05) is 42.8 Å². The predicted octanol–water partition coefficient (Wildman–Crippen LogP) is 4.09. The van der Waals surface area contributed by atoms with Crippen molar-refractivity contribution in [1.82, 2.24) is 15.5 Å². The molecule has 0 aliphatic carbocycles. The lowest BCUT2D eigenvalue weighted by atomic mass is 10.1. The summed E-state index contributed by atoms with van der Waals surface area (Å²) in [5.74, 6) is -3.46. The maximum Gasteiger partial charge on any atom is 0.272 e. The number of carbonyl (C=O) groups is 2. The molecule has 0 aliphatic rings. The summed E-state index contributed by atoms with van der Waals surface area (Å²) < 4.78 is 26.5. The van der Waals surface area contributed by atoms with Gasteiger partial charge in [0.25, 0.3) is 11.8 Å². The molecule has 0 saturated carbocycles. The Balaban J connectivity index is 1.61. The average Bonchev–Trinajstić information content (AvgIpc) is 3.17. The summed E-state index contributed by atoms with van der Waals surface area (Å²) in [5.41, 5.74) is 1.95. The molecule has 0 atom stereocenters. The Hall–Kier alpha value is -3.26. The number of aryl methyl sites for hydroxylation is 1. The van der Waals surface area contributed by atoms with E-state index in [4.69, 9.17) is 11.6 Å². The number of hydrogen-bond donors (Lipinski definition) is 3. The van der Waals surface area contributed by atoms with Crippen LogP contribution in [0.15, 0.2) is 42.5 Å². The normalized spacial score (nSPS) is 10.6. The second-order valence-corrected chi connectivity index (χ2v) is 6.63. The van der Waals surface area contributed by atoms with E-state index in [1.54, 1.807) is 0 Å². The summed E-state index contributed by atoms with van der Waals surface area (Å²) in [4.78, 5) is 24.4. The largest absolute Gasteiger partial charge is 0.347 e. The quantitative estimate of drug-likeness (QED) is 0.527. The fourth-order valence-electron chi connectivity index (χ4n) is 2.55. The number of H-pyrrole nitrogens is 1. The molecule has 0 aliphatic heterocycles. The first kappa shape index (κ1) is 20.5. The van der Waals surface area contributed by atoms with Crippen molar-refractivity contribution >= 4 is 29.2 Å². The number of rotatable bonds is 6. The van der Waals surface area contributed by atoms with E-state index >= 15 is 0 Å². The van der Waals surface area contributed by atoms with Crippen LogP contribution in [0, 0.1) is 11.6 Å². The van der Waals surface area contributed by atoms with Gasteiger partial charge in [0.2, 0.25) is 0 Å². The first-order valence-corrected chi connectivity index (χ1v) is 9.12. The smallest absolute Gasteiger partial charge is 0.272 e. The molecule has 3 aromatic rings. The zero-order chi connectivity index (χ0) is 21.0. The lowest BCUT2D eigenvalue weighted by Gasteiger charge is -2.05. The van der Waals surface area contributed by atoms with Crippen LogP contribution in [0.3, 0.4) is 0 Å². The van der Waals surface area contributed by atoms with E-state index in [9.17, 15) is 18.4 Å². The van der Waals surface area contributed by atoms with Crippen molar-refractivity contribution in [3.05, 3.63) is 81.5 Å². The van der Waals surface area contributed by atoms with E-state index in [0.717, 1.165) is 12.0 Å². The maximum absolute atomic E-state index is 13.3. The summed E-state index contributed by atoms with van der Waals surface area (Å²) in [5, 5.41) is 11.2. The second kappa shape index (κ2) is 8.83. The van der Waals surface area contributed by atoms with Crippen LogP contribution in [-0.2, 0) is 13.0 Å². The van der Waals surface area contributed by atoms with Crippen molar-refractivity contribution in [2.45, 2.75) is 19.9 Å². The topological polar surface area (TPSA) is 86.9 Å². The van der Waals surface area contributed by atoms with Gasteiger partial charge >= 0.3 is 0 Å². The molecule has 0 bridgehead atoms. The SMILES string of the molecule is CCc1ccc(CNC(=O)c2cc(NC(=O)c3cc(F)c(F)cc3Cl)[nH]n2)cc1. The molecule has 9 heteroatoms. The summed E-state index contributed by atoms with van der Waals surface area (Å²) >= 11 is 5.78. The molecular weight excluding hydrogens is 402 g/mol. The Morgan fingerprint density at radius 2 is 1.69 bits per heavy atom. The summed E-state index contributed by atoms with van der Waals surface area (Å²) in [6.45, 7) is 2.38. The number of nitrogens with one attached hydrogen (secondary N) is 3. The van der Waals surface area contributed by atoms with Crippen LogP contribution in [0.5, 0.6) is 0 Å². The van der Waals surface area contributed by atoms with Crippen LogP contribution in [0.2, 0.25) is 5.02 Å². The van der Waals surface area contributed by atoms with E-state index in [1.165, 1.54) is 11.6 Å². The molecule has 3 N–H and O–H groups in total. The van der Waals surface area contributed by atoms with Gasteiger partial charge in [-0.25, -0.2) is 8.78 Å². The fourth-order valence-corrected chi connectivity index (χ4v) is 2.79. The molecule has 0 saturated heterocycles. The van der Waals surface area contributed by atoms with Gasteiger partial charge in [-0.05, 0) is 29.7 Å². The lowest BCUT2D eigenvalue weighted by Crippen LogP contribution is -2.23. The van der Waals surface area contributed by atoms with Gasteiger partial charge < -0.3 is 10.6 Å². The molecule has 150 valence electrons. The van der Waals surface area contributed by atoms with Gasteiger partial charge in [0.15, 0.2) is 17.3 Å². The van der Waals surface area contributed by atoms with E-state index in [2.05, 4.69) is 27.8 Å². The number of aromatic amines is 1. The number of benzene rings is 2. The highest BCUT2D eigenvalue weighted by Gasteiger charge is 2.17. The number of nitrogens with zero attached hydrogens (tertiary/aromatic N) is 1. The molecule has 2 aromatic carbocycles. The molecule has 3 rings (SSSR count). The van der Waals surface area contributed by atoms with E-state index in [1.807, 2.05) is 24.3 Å². The first-order chi connectivity index (χ1) is 13.9. The monoisotopic (exact) mass is 418 g/mol. The van der Waals surface area contributed by atoms with Gasteiger partial charge in [-0.2, -0.15) is 5.10 Å². The predicted molar refractivity (Wildman–Crippen MR) is 105 cm³/mol. The van der Waals surface area contributed by atoms with Crippen LogP contribution in [0.25, 0.3) is 0 Å². The molecule has 0 unspecified atom stereocenters. The Bertz CT molecular complexity index is 1050. The van der Waals surface area contributed by atoms with Gasteiger partial charge in [0, 0.05) is 12.6 Å². The fraction of sp³-hybridized carbons (Fsp3) is 0.150. The standard InChI is InChI=1S/C20H17ClF2N4O2/c1-2-11-3-5-12(6-4-11)10-24-20(29)17-9-18(27-26-17)25-19(28)13-7-15(22)16(23)8-14(13)21/h3-9H,2,10H2,1H3,(H,24,29)(H2,25,26,27,28). The molecule has 2 amide bonds. The summed E-state index contributed by atoms with van der Waals surface area (Å²) in [6.07, 6.45) is 0.935.